The van der Waals surface area contributed by atoms with Crippen LogP contribution >= 0.6 is 11.3 Å². The average molecular weight is 245 g/mol. The summed E-state index contributed by atoms with van der Waals surface area (Å²) in [4.78, 5) is 11.7. The second kappa shape index (κ2) is 4.49. The van der Waals surface area contributed by atoms with Crippen molar-refractivity contribution in [2.75, 3.05) is 0 Å². The van der Waals surface area contributed by atoms with Crippen LogP contribution in [0.15, 0.2) is 29.1 Å². The number of carbonyl (C=O) groups is 1. The van der Waals surface area contributed by atoms with Crippen LogP contribution in [0, 0.1) is 0 Å². The highest BCUT2D eigenvalue weighted by Crippen LogP contribution is 2.22. The van der Waals surface area contributed by atoms with E-state index >= 15 is 0 Å². The van der Waals surface area contributed by atoms with Gasteiger partial charge in [0.15, 0.2) is 5.78 Å². The van der Waals surface area contributed by atoms with E-state index in [0.29, 0.717) is 5.78 Å². The number of thiophene rings is 1. The summed E-state index contributed by atoms with van der Waals surface area (Å²) in [5.41, 5.74) is 3.60. The molecule has 0 radical (unpaired) electrons. The molecule has 88 valence electrons. The Labute approximate surface area is 105 Å². The van der Waals surface area contributed by atoms with Crippen LogP contribution < -0.4 is 0 Å². The van der Waals surface area contributed by atoms with Gasteiger partial charge in [-0.1, -0.05) is 0 Å². The van der Waals surface area contributed by atoms with Crippen LogP contribution in [0.1, 0.15) is 34.5 Å². The first-order valence-corrected chi connectivity index (χ1v) is 7.01. The topological polar surface area (TPSA) is 22.0 Å². The Morgan fingerprint density at radius 2 is 2.24 bits per heavy atom. The van der Waals surface area contributed by atoms with E-state index in [2.05, 4.69) is 27.6 Å². The summed E-state index contributed by atoms with van der Waals surface area (Å²) in [6, 6.07) is 4.16. The summed E-state index contributed by atoms with van der Waals surface area (Å²) < 4.78 is 2.25. The van der Waals surface area contributed by atoms with Crippen molar-refractivity contribution in [3.8, 4) is 0 Å². The summed E-state index contributed by atoms with van der Waals surface area (Å²) in [5, 5.41) is 4.31. The zero-order valence-corrected chi connectivity index (χ0v) is 10.5. The maximum Gasteiger partial charge on any atom is 0.164 e. The lowest BCUT2D eigenvalue weighted by molar-refractivity contribution is 0.0972. The van der Waals surface area contributed by atoms with Crippen molar-refractivity contribution >= 4 is 17.1 Å². The Balaban J connectivity index is 1.78. The monoisotopic (exact) mass is 245 g/mol. The van der Waals surface area contributed by atoms with E-state index in [4.69, 9.17) is 0 Å². The molecule has 3 heteroatoms. The van der Waals surface area contributed by atoms with Crippen LogP contribution in [-0.4, -0.2) is 10.4 Å². The molecule has 0 aliphatic heterocycles. The summed E-state index contributed by atoms with van der Waals surface area (Å²) in [6.45, 7) is 0.985. The molecule has 2 aromatic rings. The number of Topliss-reactive ketones (excluding diaryl/α,β-unsaturated/α-hetero) is 1. The first kappa shape index (κ1) is 10.8. The van der Waals surface area contributed by atoms with Crippen LogP contribution in [-0.2, 0) is 19.4 Å². The molecule has 0 atom stereocenters. The number of hydrogen-bond acceptors (Lipinski definition) is 2. The summed E-state index contributed by atoms with van der Waals surface area (Å²) >= 11 is 1.74. The molecule has 3 rings (SSSR count). The molecular weight excluding hydrogens is 230 g/mol. The first-order chi connectivity index (χ1) is 8.34. The number of aromatic nitrogens is 1. The summed E-state index contributed by atoms with van der Waals surface area (Å²) in [7, 11) is 0. The van der Waals surface area contributed by atoms with Crippen molar-refractivity contribution in [1.82, 2.24) is 4.57 Å². The molecule has 0 unspecified atom stereocenters. The maximum atomic E-state index is 11.7. The molecule has 0 N–H and O–H groups in total. The highest BCUT2D eigenvalue weighted by Gasteiger charge is 2.20. The number of hydrogen-bond donors (Lipinski definition) is 0. The van der Waals surface area contributed by atoms with Crippen molar-refractivity contribution in [2.45, 2.75) is 32.2 Å². The van der Waals surface area contributed by atoms with Crippen molar-refractivity contribution in [3.63, 3.8) is 0 Å². The van der Waals surface area contributed by atoms with Crippen LogP contribution in [0.2, 0.25) is 0 Å². The molecule has 0 saturated carbocycles. The lowest BCUT2D eigenvalue weighted by Gasteiger charge is -2.14. The molecular formula is C14H15NOS. The lowest BCUT2D eigenvalue weighted by Crippen LogP contribution is -2.13. The van der Waals surface area contributed by atoms with E-state index < -0.39 is 0 Å². The molecule has 0 spiro atoms. The molecule has 0 fully saturated rings. The third-order valence-electron chi connectivity index (χ3n) is 3.42. The number of ketones is 1. The van der Waals surface area contributed by atoms with Gasteiger partial charge in [-0.2, -0.15) is 11.3 Å². The van der Waals surface area contributed by atoms with Crippen molar-refractivity contribution in [1.29, 1.82) is 0 Å². The van der Waals surface area contributed by atoms with Crippen LogP contribution in [0.25, 0.3) is 0 Å². The summed E-state index contributed by atoms with van der Waals surface area (Å²) in [6.07, 6.45) is 5.91. The first-order valence-electron chi connectivity index (χ1n) is 6.07. The van der Waals surface area contributed by atoms with Gasteiger partial charge in [-0.05, 0) is 47.7 Å². The minimum atomic E-state index is 0.320. The minimum absolute atomic E-state index is 0.320. The Morgan fingerprint density at radius 1 is 1.29 bits per heavy atom. The van der Waals surface area contributed by atoms with Gasteiger partial charge in [-0.25, -0.2) is 0 Å². The Hall–Kier alpha value is -1.35. The van der Waals surface area contributed by atoms with Gasteiger partial charge in [0, 0.05) is 30.4 Å². The fraction of sp³-hybridized carbons (Fsp3) is 0.357. The summed E-state index contributed by atoms with van der Waals surface area (Å²) in [5.74, 6) is 0.320. The van der Waals surface area contributed by atoms with Crippen molar-refractivity contribution in [2.24, 2.45) is 0 Å². The third kappa shape index (κ3) is 2.07. The van der Waals surface area contributed by atoms with Crippen molar-refractivity contribution < 1.29 is 4.79 Å². The largest absolute Gasteiger partial charge is 0.350 e. The predicted molar refractivity (Wildman–Crippen MR) is 69.7 cm³/mol. The van der Waals surface area contributed by atoms with Gasteiger partial charge < -0.3 is 4.57 Å². The molecule has 0 aromatic carbocycles. The quantitative estimate of drug-likeness (QED) is 0.813. The minimum Gasteiger partial charge on any atom is -0.350 e. The SMILES string of the molecule is O=C1CCCc2c1ccn2CCc1ccsc1. The van der Waals surface area contributed by atoms with Crippen LogP contribution in [0.3, 0.4) is 0 Å². The van der Waals surface area contributed by atoms with Crippen molar-refractivity contribution in [3.05, 3.63) is 45.9 Å². The molecule has 0 saturated heterocycles. The van der Waals surface area contributed by atoms with Gasteiger partial charge in [0.25, 0.3) is 0 Å². The van der Waals surface area contributed by atoms with E-state index in [-0.39, 0.29) is 0 Å². The van der Waals surface area contributed by atoms with E-state index in [9.17, 15) is 4.79 Å². The highest BCUT2D eigenvalue weighted by molar-refractivity contribution is 7.07. The zero-order valence-electron chi connectivity index (χ0n) is 9.69. The predicted octanol–water partition coefficient (Wildman–Crippen LogP) is 3.31. The van der Waals surface area contributed by atoms with Gasteiger partial charge in [0.05, 0.1) is 0 Å². The van der Waals surface area contributed by atoms with E-state index in [1.807, 2.05) is 6.07 Å². The third-order valence-corrected chi connectivity index (χ3v) is 4.15. The van der Waals surface area contributed by atoms with Gasteiger partial charge in [0.2, 0.25) is 0 Å². The van der Waals surface area contributed by atoms with Crippen LogP contribution in [0.4, 0.5) is 0 Å². The Bertz CT molecular complexity index is 524. The zero-order chi connectivity index (χ0) is 11.7. The van der Waals surface area contributed by atoms with E-state index in [1.54, 1.807) is 11.3 Å². The Morgan fingerprint density at radius 3 is 3.06 bits per heavy atom. The fourth-order valence-corrected chi connectivity index (χ4v) is 3.19. The van der Waals surface area contributed by atoms with E-state index in [1.165, 1.54) is 11.3 Å². The van der Waals surface area contributed by atoms with Gasteiger partial charge in [-0.3, -0.25) is 4.79 Å². The molecule has 2 heterocycles. The Kier molecular flexibility index (Phi) is 2.85. The second-order valence-electron chi connectivity index (χ2n) is 4.53. The van der Waals surface area contributed by atoms with Gasteiger partial charge >= 0.3 is 0 Å². The van der Waals surface area contributed by atoms with Crippen LogP contribution in [0.5, 0.6) is 0 Å². The molecule has 2 aromatic heterocycles. The second-order valence-corrected chi connectivity index (χ2v) is 5.31. The smallest absolute Gasteiger partial charge is 0.164 e. The molecule has 17 heavy (non-hydrogen) atoms. The highest BCUT2D eigenvalue weighted by atomic mass is 32.1. The molecule has 0 amide bonds. The van der Waals surface area contributed by atoms with Gasteiger partial charge in [-0.15, -0.1) is 0 Å². The molecule has 0 bridgehead atoms. The van der Waals surface area contributed by atoms with Gasteiger partial charge in [0.1, 0.15) is 0 Å². The number of fused-ring (bicyclic) bond motifs is 1. The number of carbonyl (C=O) groups excluding carboxylic acids is 1. The number of rotatable bonds is 3. The number of nitrogens with zero attached hydrogens (tertiary/aromatic N) is 1. The molecule has 1 aliphatic rings. The standard InChI is InChI=1S/C14H15NOS/c16-14-3-1-2-13-12(14)5-8-15(13)7-4-11-6-9-17-10-11/h5-6,8-10H,1-4,7H2. The lowest BCUT2D eigenvalue weighted by atomic mass is 9.97. The molecule has 2 nitrogen and oxygen atoms in total. The number of aryl methyl sites for hydroxylation is 2. The van der Waals surface area contributed by atoms with E-state index in [0.717, 1.165) is 37.8 Å². The normalized spacial score (nSPS) is 14.9. The molecule has 1 aliphatic carbocycles. The maximum absolute atomic E-state index is 11.7. The fourth-order valence-electron chi connectivity index (χ4n) is 2.48. The average Bonchev–Trinajstić information content (AvgIpc) is 2.95.